The molecular formula is C11H11N3O. The van der Waals surface area contributed by atoms with Gasteiger partial charge in [0.25, 0.3) is 0 Å². The number of rotatable bonds is 2. The third-order valence-corrected chi connectivity index (χ3v) is 2.11. The Labute approximate surface area is 86.7 Å². The smallest absolute Gasteiger partial charge is 0.247 e. The molecule has 2 aromatic heterocycles. The van der Waals surface area contributed by atoms with E-state index in [0.29, 0.717) is 0 Å². The number of aromatic nitrogens is 3. The molecule has 76 valence electrons. The maximum Gasteiger partial charge on any atom is 0.247 e. The first-order valence-corrected chi connectivity index (χ1v) is 4.57. The van der Waals surface area contributed by atoms with Crippen molar-refractivity contribution in [1.29, 1.82) is 0 Å². The van der Waals surface area contributed by atoms with Gasteiger partial charge in [-0.2, -0.15) is 5.10 Å². The van der Waals surface area contributed by atoms with E-state index in [1.807, 2.05) is 13.0 Å². The molecule has 0 aromatic carbocycles. The number of aromatic amines is 2. The number of hydrogen-bond donors (Lipinski definition) is 2. The molecule has 0 unspecified atom stereocenters. The van der Waals surface area contributed by atoms with Crippen LogP contribution in [0, 0.1) is 0 Å². The lowest BCUT2D eigenvalue weighted by molar-refractivity contribution is 1.07. The van der Waals surface area contributed by atoms with Crippen molar-refractivity contribution in [1.82, 2.24) is 15.2 Å². The molecule has 0 fully saturated rings. The second kappa shape index (κ2) is 3.57. The standard InChI is InChI=1S/C11H11N3O/c1-7(2)9-5-10(14-13-9)8-3-4-11(15)12-6-8/h3-6H,1H2,2H3,(H,12,15)(H,13,14). The Morgan fingerprint density at radius 3 is 2.80 bits per heavy atom. The number of hydrogen-bond acceptors (Lipinski definition) is 2. The van der Waals surface area contributed by atoms with Gasteiger partial charge in [0.1, 0.15) is 0 Å². The SMILES string of the molecule is C=C(C)c1cc(-c2ccc(=O)[nH]c2)[nH]n1. The molecule has 0 spiro atoms. The second-order valence-electron chi connectivity index (χ2n) is 3.39. The summed E-state index contributed by atoms with van der Waals surface area (Å²) in [6.45, 7) is 5.70. The van der Waals surface area contributed by atoms with Crippen molar-refractivity contribution < 1.29 is 0 Å². The average molecular weight is 201 g/mol. The maximum atomic E-state index is 10.9. The van der Waals surface area contributed by atoms with Crippen LogP contribution in [0.15, 0.2) is 35.8 Å². The monoisotopic (exact) mass is 201 g/mol. The number of nitrogens with zero attached hydrogens (tertiary/aromatic N) is 1. The van der Waals surface area contributed by atoms with E-state index in [9.17, 15) is 4.79 Å². The van der Waals surface area contributed by atoms with Crippen LogP contribution >= 0.6 is 0 Å². The summed E-state index contributed by atoms with van der Waals surface area (Å²) in [5, 5.41) is 6.99. The van der Waals surface area contributed by atoms with Crippen molar-refractivity contribution in [3.05, 3.63) is 47.0 Å². The highest BCUT2D eigenvalue weighted by atomic mass is 16.1. The van der Waals surface area contributed by atoms with Gasteiger partial charge in [-0.15, -0.1) is 0 Å². The van der Waals surface area contributed by atoms with E-state index in [0.717, 1.165) is 22.5 Å². The largest absolute Gasteiger partial charge is 0.328 e. The summed E-state index contributed by atoms with van der Waals surface area (Å²) in [4.78, 5) is 13.5. The Bertz CT molecular complexity index is 530. The highest BCUT2D eigenvalue weighted by Crippen LogP contribution is 2.18. The van der Waals surface area contributed by atoms with Crippen LogP contribution in [-0.2, 0) is 0 Å². The lowest BCUT2D eigenvalue weighted by Crippen LogP contribution is -2.01. The molecule has 2 aromatic rings. The fourth-order valence-electron chi connectivity index (χ4n) is 1.27. The summed E-state index contributed by atoms with van der Waals surface area (Å²) in [5.74, 6) is 0. The summed E-state index contributed by atoms with van der Waals surface area (Å²) in [6, 6.07) is 5.13. The number of H-pyrrole nitrogens is 2. The van der Waals surface area contributed by atoms with Crippen LogP contribution in [0.4, 0.5) is 0 Å². The first kappa shape index (κ1) is 9.45. The van der Waals surface area contributed by atoms with E-state index in [1.165, 1.54) is 6.07 Å². The molecule has 0 bridgehead atoms. The summed E-state index contributed by atoms with van der Waals surface area (Å²) in [6.07, 6.45) is 1.65. The van der Waals surface area contributed by atoms with Gasteiger partial charge in [0.05, 0.1) is 11.4 Å². The Morgan fingerprint density at radius 2 is 2.27 bits per heavy atom. The van der Waals surface area contributed by atoms with Crippen LogP contribution in [0.5, 0.6) is 0 Å². The van der Waals surface area contributed by atoms with Crippen LogP contribution in [0.3, 0.4) is 0 Å². The number of nitrogens with one attached hydrogen (secondary N) is 2. The van der Waals surface area contributed by atoms with E-state index >= 15 is 0 Å². The molecule has 4 heteroatoms. The predicted molar refractivity (Wildman–Crippen MR) is 59.4 cm³/mol. The van der Waals surface area contributed by atoms with Gasteiger partial charge >= 0.3 is 0 Å². The van der Waals surface area contributed by atoms with Gasteiger partial charge in [-0.05, 0) is 24.6 Å². The van der Waals surface area contributed by atoms with E-state index in [1.54, 1.807) is 12.3 Å². The molecule has 0 atom stereocenters. The van der Waals surface area contributed by atoms with Crippen LogP contribution < -0.4 is 5.56 Å². The molecule has 0 saturated heterocycles. The molecule has 4 nitrogen and oxygen atoms in total. The van der Waals surface area contributed by atoms with Crippen LogP contribution in [-0.4, -0.2) is 15.2 Å². The minimum absolute atomic E-state index is 0.113. The van der Waals surface area contributed by atoms with Gasteiger partial charge in [-0.25, -0.2) is 0 Å². The van der Waals surface area contributed by atoms with E-state index in [-0.39, 0.29) is 5.56 Å². The zero-order valence-corrected chi connectivity index (χ0v) is 8.37. The van der Waals surface area contributed by atoms with Crippen molar-refractivity contribution in [2.75, 3.05) is 0 Å². The maximum absolute atomic E-state index is 10.9. The highest BCUT2D eigenvalue weighted by Gasteiger charge is 2.03. The molecule has 0 aliphatic heterocycles. The fourth-order valence-corrected chi connectivity index (χ4v) is 1.27. The third kappa shape index (κ3) is 1.88. The van der Waals surface area contributed by atoms with Gasteiger partial charge in [0.2, 0.25) is 5.56 Å². The molecule has 0 saturated carbocycles. The molecular weight excluding hydrogens is 190 g/mol. The summed E-state index contributed by atoms with van der Waals surface area (Å²) >= 11 is 0. The van der Waals surface area contributed by atoms with E-state index < -0.39 is 0 Å². The van der Waals surface area contributed by atoms with Gasteiger partial charge in [0.15, 0.2) is 0 Å². The molecule has 2 rings (SSSR count). The average Bonchev–Trinajstić information content (AvgIpc) is 2.68. The highest BCUT2D eigenvalue weighted by molar-refractivity contribution is 5.65. The fraction of sp³-hybridized carbons (Fsp3) is 0.0909. The zero-order valence-electron chi connectivity index (χ0n) is 8.37. The second-order valence-corrected chi connectivity index (χ2v) is 3.39. The Hall–Kier alpha value is -2.10. The quantitative estimate of drug-likeness (QED) is 0.778. The minimum atomic E-state index is -0.113. The van der Waals surface area contributed by atoms with Gasteiger partial charge < -0.3 is 4.98 Å². The van der Waals surface area contributed by atoms with Crippen molar-refractivity contribution in [3.8, 4) is 11.3 Å². The lowest BCUT2D eigenvalue weighted by Gasteiger charge is -1.93. The molecule has 0 amide bonds. The summed E-state index contributed by atoms with van der Waals surface area (Å²) in [7, 11) is 0. The third-order valence-electron chi connectivity index (χ3n) is 2.11. The zero-order chi connectivity index (χ0) is 10.8. The Morgan fingerprint density at radius 1 is 1.47 bits per heavy atom. The first-order valence-electron chi connectivity index (χ1n) is 4.57. The lowest BCUT2D eigenvalue weighted by atomic mass is 10.2. The molecule has 0 aliphatic carbocycles. The van der Waals surface area contributed by atoms with E-state index in [4.69, 9.17) is 0 Å². The van der Waals surface area contributed by atoms with Crippen LogP contribution in [0.25, 0.3) is 16.8 Å². The molecule has 2 N–H and O–H groups in total. The molecule has 0 radical (unpaired) electrons. The first-order chi connectivity index (χ1) is 7.16. The normalized spacial score (nSPS) is 10.2. The Balaban J connectivity index is 2.41. The van der Waals surface area contributed by atoms with Crippen LogP contribution in [0.1, 0.15) is 12.6 Å². The number of allylic oxidation sites excluding steroid dienone is 1. The van der Waals surface area contributed by atoms with Gasteiger partial charge in [-0.3, -0.25) is 9.89 Å². The molecule has 15 heavy (non-hydrogen) atoms. The van der Waals surface area contributed by atoms with Crippen molar-refractivity contribution in [3.63, 3.8) is 0 Å². The van der Waals surface area contributed by atoms with Gasteiger partial charge in [0, 0.05) is 17.8 Å². The molecule has 2 heterocycles. The predicted octanol–water partition coefficient (Wildman–Crippen LogP) is 1.80. The van der Waals surface area contributed by atoms with Crippen molar-refractivity contribution >= 4 is 5.57 Å². The van der Waals surface area contributed by atoms with Crippen molar-refractivity contribution in [2.24, 2.45) is 0 Å². The Kier molecular flexibility index (Phi) is 2.25. The topological polar surface area (TPSA) is 61.5 Å². The van der Waals surface area contributed by atoms with Crippen LogP contribution in [0.2, 0.25) is 0 Å². The van der Waals surface area contributed by atoms with E-state index in [2.05, 4.69) is 21.8 Å². The number of pyridine rings is 1. The van der Waals surface area contributed by atoms with Crippen molar-refractivity contribution in [2.45, 2.75) is 6.92 Å². The summed E-state index contributed by atoms with van der Waals surface area (Å²) in [5.41, 5.74) is 3.38. The summed E-state index contributed by atoms with van der Waals surface area (Å²) < 4.78 is 0. The molecule has 0 aliphatic rings. The minimum Gasteiger partial charge on any atom is -0.328 e. The van der Waals surface area contributed by atoms with Gasteiger partial charge in [-0.1, -0.05) is 6.58 Å².